The Kier molecular flexibility index (Phi) is 5.09. The average molecular weight is 301 g/mol. The molecule has 0 fully saturated rings. The predicted octanol–water partition coefficient (Wildman–Crippen LogP) is 3.50. The van der Waals surface area contributed by atoms with Crippen LogP contribution in [0.15, 0.2) is 43.5 Å². The van der Waals surface area contributed by atoms with Crippen molar-refractivity contribution in [2.45, 2.75) is 44.9 Å². The van der Waals surface area contributed by atoms with Crippen molar-refractivity contribution in [1.82, 2.24) is 4.90 Å². The number of hydrogen-bond donors (Lipinski definition) is 1. The van der Waals surface area contributed by atoms with Crippen LogP contribution in [0.5, 0.6) is 5.75 Å². The summed E-state index contributed by atoms with van der Waals surface area (Å²) in [5, 5.41) is 11.0. The summed E-state index contributed by atoms with van der Waals surface area (Å²) < 4.78 is 6.21. The molecule has 120 valence electrons. The zero-order chi connectivity index (χ0) is 16.3. The van der Waals surface area contributed by atoms with Crippen molar-refractivity contribution >= 4 is 0 Å². The topological polar surface area (TPSA) is 32.7 Å². The van der Waals surface area contributed by atoms with E-state index in [9.17, 15) is 5.11 Å². The lowest BCUT2D eigenvalue weighted by molar-refractivity contribution is -0.0761. The number of hydrogen-bond acceptors (Lipinski definition) is 3. The molecule has 1 aliphatic heterocycles. The average Bonchev–Trinajstić information content (AvgIpc) is 2.46. The Morgan fingerprint density at radius 2 is 1.91 bits per heavy atom. The van der Waals surface area contributed by atoms with Crippen molar-refractivity contribution in [2.24, 2.45) is 0 Å². The molecule has 0 aliphatic carbocycles. The molecule has 2 rings (SSSR count). The summed E-state index contributed by atoms with van der Waals surface area (Å²) in [5.41, 5.74) is 1.59. The first kappa shape index (κ1) is 16.8. The van der Waals surface area contributed by atoms with Gasteiger partial charge in [0, 0.05) is 18.7 Å². The van der Waals surface area contributed by atoms with E-state index in [2.05, 4.69) is 37.1 Å². The van der Waals surface area contributed by atoms with Gasteiger partial charge in [0.05, 0.1) is 6.04 Å². The highest BCUT2D eigenvalue weighted by Gasteiger charge is 2.45. The van der Waals surface area contributed by atoms with E-state index in [1.165, 1.54) is 5.56 Å². The van der Waals surface area contributed by atoms with Crippen LogP contribution in [0, 0.1) is 0 Å². The lowest BCUT2D eigenvalue weighted by atomic mass is 9.84. The molecule has 1 N–H and O–H groups in total. The van der Waals surface area contributed by atoms with Crippen LogP contribution in [0.1, 0.15) is 38.0 Å². The van der Waals surface area contributed by atoms with Crippen molar-refractivity contribution in [1.29, 1.82) is 0 Å². The summed E-state index contributed by atoms with van der Waals surface area (Å²) in [6, 6.07) is 5.94. The van der Waals surface area contributed by atoms with Crippen LogP contribution in [-0.2, 0) is 6.42 Å². The van der Waals surface area contributed by atoms with Gasteiger partial charge in [-0.3, -0.25) is 4.90 Å². The van der Waals surface area contributed by atoms with Crippen molar-refractivity contribution in [2.75, 3.05) is 13.1 Å². The van der Waals surface area contributed by atoms with Crippen LogP contribution >= 0.6 is 0 Å². The highest BCUT2D eigenvalue weighted by Crippen LogP contribution is 2.42. The number of nitrogens with zero attached hydrogens (tertiary/aromatic N) is 1. The van der Waals surface area contributed by atoms with Crippen molar-refractivity contribution in [3.63, 3.8) is 0 Å². The molecule has 22 heavy (non-hydrogen) atoms. The summed E-state index contributed by atoms with van der Waals surface area (Å²) in [6.07, 6.45) is 4.05. The molecule has 0 radical (unpaired) electrons. The molecule has 2 unspecified atom stereocenters. The molecule has 1 aromatic rings. The first-order valence-corrected chi connectivity index (χ1v) is 7.90. The normalized spacial score (nSPS) is 22.8. The third kappa shape index (κ3) is 3.11. The maximum absolute atomic E-state index is 11.0. The molecule has 2 atom stereocenters. The van der Waals surface area contributed by atoms with E-state index >= 15 is 0 Å². The second-order valence-corrected chi connectivity index (χ2v) is 6.35. The van der Waals surface area contributed by atoms with Crippen molar-refractivity contribution < 1.29 is 9.84 Å². The van der Waals surface area contributed by atoms with Gasteiger partial charge in [0.2, 0.25) is 0 Å². The third-order valence-corrected chi connectivity index (χ3v) is 4.31. The van der Waals surface area contributed by atoms with Gasteiger partial charge in [-0.2, -0.15) is 0 Å². The molecule has 1 aliphatic rings. The van der Waals surface area contributed by atoms with Gasteiger partial charge in [0.1, 0.15) is 17.5 Å². The number of fused-ring (bicyclic) bond motifs is 1. The minimum Gasteiger partial charge on any atom is -0.486 e. The predicted molar refractivity (Wildman–Crippen MR) is 91.2 cm³/mol. The summed E-state index contributed by atoms with van der Waals surface area (Å²) in [4.78, 5) is 2.16. The van der Waals surface area contributed by atoms with Crippen LogP contribution < -0.4 is 4.74 Å². The van der Waals surface area contributed by atoms with Crippen molar-refractivity contribution in [3.8, 4) is 5.75 Å². The summed E-state index contributed by atoms with van der Waals surface area (Å²) in [5.74, 6) is 0.781. The number of aryl methyl sites for hydroxylation is 1. The molecule has 0 saturated heterocycles. The minimum absolute atomic E-state index is 0.150. The van der Waals surface area contributed by atoms with Gasteiger partial charge in [0.25, 0.3) is 0 Å². The molecule has 3 nitrogen and oxygen atoms in total. The largest absolute Gasteiger partial charge is 0.486 e. The van der Waals surface area contributed by atoms with E-state index in [1.807, 2.05) is 32.1 Å². The molecule has 0 spiro atoms. The standard InChI is InChI=1S/C19H27NO2/c1-6-11-20(12-7-2)18-17(21)15-13-14(8-3)9-10-16(15)22-19(18,4)5/h6-7,9-10,13,17-18,21H,1-2,8,11-12H2,3-5H3. The number of rotatable bonds is 6. The van der Waals surface area contributed by atoms with E-state index in [4.69, 9.17) is 4.74 Å². The Hall–Kier alpha value is -1.58. The summed E-state index contributed by atoms with van der Waals surface area (Å²) in [7, 11) is 0. The second kappa shape index (κ2) is 6.67. The van der Waals surface area contributed by atoms with Crippen LogP contribution in [0.3, 0.4) is 0 Å². The molecule has 0 amide bonds. The second-order valence-electron chi connectivity index (χ2n) is 6.35. The number of ether oxygens (including phenoxy) is 1. The Balaban J connectivity index is 2.44. The molecular weight excluding hydrogens is 274 g/mol. The van der Waals surface area contributed by atoms with E-state index in [1.54, 1.807) is 0 Å². The lowest BCUT2D eigenvalue weighted by Crippen LogP contribution is -2.58. The number of aliphatic hydroxyl groups excluding tert-OH is 1. The first-order valence-electron chi connectivity index (χ1n) is 7.90. The van der Waals surface area contributed by atoms with E-state index < -0.39 is 11.7 Å². The smallest absolute Gasteiger partial charge is 0.126 e. The van der Waals surface area contributed by atoms with Gasteiger partial charge in [-0.05, 0) is 38.0 Å². The van der Waals surface area contributed by atoms with E-state index in [0.717, 1.165) is 17.7 Å². The van der Waals surface area contributed by atoms with Gasteiger partial charge >= 0.3 is 0 Å². The Labute approximate surface area is 133 Å². The monoisotopic (exact) mass is 301 g/mol. The summed E-state index contributed by atoms with van der Waals surface area (Å²) in [6.45, 7) is 15.2. The fraction of sp³-hybridized carbons (Fsp3) is 0.474. The Bertz CT molecular complexity index is 540. The molecule has 3 heteroatoms. The van der Waals surface area contributed by atoms with Crippen LogP contribution in [-0.4, -0.2) is 34.7 Å². The summed E-state index contributed by atoms with van der Waals surface area (Å²) >= 11 is 0. The van der Waals surface area contributed by atoms with Gasteiger partial charge in [0.15, 0.2) is 0 Å². The number of aliphatic hydroxyl groups is 1. The van der Waals surface area contributed by atoms with E-state index in [0.29, 0.717) is 13.1 Å². The maximum Gasteiger partial charge on any atom is 0.126 e. The molecule has 0 saturated carbocycles. The molecule has 0 bridgehead atoms. The Morgan fingerprint density at radius 1 is 1.27 bits per heavy atom. The van der Waals surface area contributed by atoms with Crippen molar-refractivity contribution in [3.05, 3.63) is 54.6 Å². The third-order valence-electron chi connectivity index (χ3n) is 4.31. The quantitative estimate of drug-likeness (QED) is 0.816. The maximum atomic E-state index is 11.0. The molecule has 1 aromatic carbocycles. The zero-order valence-corrected chi connectivity index (χ0v) is 13.9. The Morgan fingerprint density at radius 3 is 2.45 bits per heavy atom. The molecule has 1 heterocycles. The van der Waals surface area contributed by atoms with Crippen LogP contribution in [0.4, 0.5) is 0 Å². The van der Waals surface area contributed by atoms with Gasteiger partial charge in [-0.1, -0.05) is 25.1 Å². The highest BCUT2D eigenvalue weighted by molar-refractivity contribution is 5.42. The minimum atomic E-state index is -0.592. The molecular formula is C19H27NO2. The zero-order valence-electron chi connectivity index (χ0n) is 13.9. The fourth-order valence-corrected chi connectivity index (χ4v) is 3.31. The SMILES string of the molecule is C=CCN(CC=C)C1C(O)c2cc(CC)ccc2OC1(C)C. The van der Waals surface area contributed by atoms with Gasteiger partial charge in [-0.15, -0.1) is 13.2 Å². The lowest BCUT2D eigenvalue weighted by Gasteiger charge is -2.47. The highest BCUT2D eigenvalue weighted by atomic mass is 16.5. The first-order chi connectivity index (χ1) is 10.4. The van der Waals surface area contributed by atoms with Gasteiger partial charge < -0.3 is 9.84 Å². The number of benzene rings is 1. The van der Waals surface area contributed by atoms with E-state index in [-0.39, 0.29) is 6.04 Å². The van der Waals surface area contributed by atoms with Crippen LogP contribution in [0.25, 0.3) is 0 Å². The molecule has 0 aromatic heterocycles. The van der Waals surface area contributed by atoms with Gasteiger partial charge in [-0.25, -0.2) is 0 Å². The van der Waals surface area contributed by atoms with Crippen LogP contribution in [0.2, 0.25) is 0 Å². The fourth-order valence-electron chi connectivity index (χ4n) is 3.31.